The summed E-state index contributed by atoms with van der Waals surface area (Å²) in [7, 11) is 2.20. The number of rotatable bonds is 2. The fraction of sp³-hybridized carbons (Fsp3) is 0.750. The first-order valence-corrected chi connectivity index (χ1v) is 6.46. The molecule has 0 radical (unpaired) electrons. The monoisotopic (exact) mass is 235 g/mol. The molecule has 0 spiro atoms. The first-order chi connectivity index (χ1) is 8.31. The number of hydrogen-bond acceptors (Lipinski definition) is 4. The maximum atomic E-state index is 4.39. The minimum absolute atomic E-state index is 0.564. The summed E-state index contributed by atoms with van der Waals surface area (Å²) in [4.78, 5) is 12.5. The molecular weight excluding hydrogens is 214 g/mol. The summed E-state index contributed by atoms with van der Waals surface area (Å²) in [6, 6.07) is 0.564. The number of hydrogen-bond donors (Lipinski definition) is 2. The molecule has 2 N–H and O–H groups in total. The average Bonchev–Trinajstić information content (AvgIpc) is 2.79. The van der Waals surface area contributed by atoms with Crippen molar-refractivity contribution in [2.75, 3.05) is 39.8 Å². The zero-order chi connectivity index (χ0) is 11.7. The Morgan fingerprint density at radius 1 is 1.35 bits per heavy atom. The lowest BCUT2D eigenvalue weighted by atomic mass is 10.0. The molecule has 3 heterocycles. The van der Waals surface area contributed by atoms with E-state index in [0.29, 0.717) is 6.04 Å². The highest BCUT2D eigenvalue weighted by Crippen LogP contribution is 2.13. The van der Waals surface area contributed by atoms with Gasteiger partial charge in [-0.3, -0.25) is 4.90 Å². The number of imidazole rings is 1. The van der Waals surface area contributed by atoms with E-state index in [-0.39, 0.29) is 0 Å². The minimum atomic E-state index is 0.564. The molecule has 1 unspecified atom stereocenters. The minimum Gasteiger partial charge on any atom is -0.347 e. The summed E-state index contributed by atoms with van der Waals surface area (Å²) in [5.74, 6) is 0. The van der Waals surface area contributed by atoms with E-state index in [9.17, 15) is 0 Å². The summed E-state index contributed by atoms with van der Waals surface area (Å²) in [6.45, 7) is 6.87. The van der Waals surface area contributed by atoms with Crippen molar-refractivity contribution in [3.8, 4) is 0 Å². The molecule has 0 aromatic carbocycles. The number of nitrogens with zero attached hydrogens (tertiary/aromatic N) is 3. The first kappa shape index (κ1) is 11.2. The van der Waals surface area contributed by atoms with Gasteiger partial charge in [-0.15, -0.1) is 0 Å². The van der Waals surface area contributed by atoms with Gasteiger partial charge in [0.05, 0.1) is 17.7 Å². The quantitative estimate of drug-likeness (QED) is 0.737. The highest BCUT2D eigenvalue weighted by atomic mass is 15.3. The Labute approximate surface area is 102 Å². The second-order valence-corrected chi connectivity index (χ2v) is 5.21. The van der Waals surface area contributed by atoms with E-state index in [2.05, 4.69) is 32.1 Å². The smallest absolute Gasteiger partial charge is 0.0925 e. The van der Waals surface area contributed by atoms with E-state index in [1.807, 2.05) is 6.33 Å². The van der Waals surface area contributed by atoms with Crippen LogP contribution in [0.1, 0.15) is 11.4 Å². The van der Waals surface area contributed by atoms with Crippen molar-refractivity contribution in [3.63, 3.8) is 0 Å². The lowest BCUT2D eigenvalue weighted by Crippen LogP contribution is -2.51. The zero-order valence-electron chi connectivity index (χ0n) is 10.4. The predicted molar refractivity (Wildman–Crippen MR) is 66.9 cm³/mol. The predicted octanol–water partition coefficient (Wildman–Crippen LogP) is -0.329. The van der Waals surface area contributed by atoms with Crippen LogP contribution < -0.4 is 5.32 Å². The van der Waals surface area contributed by atoms with Gasteiger partial charge in [0.2, 0.25) is 0 Å². The Bertz CT molecular complexity index is 367. The molecule has 0 saturated carbocycles. The van der Waals surface area contributed by atoms with Crippen LogP contribution in [-0.2, 0) is 13.0 Å². The summed E-state index contributed by atoms with van der Waals surface area (Å²) >= 11 is 0. The maximum absolute atomic E-state index is 4.39. The van der Waals surface area contributed by atoms with Crippen molar-refractivity contribution in [2.24, 2.45) is 0 Å². The Morgan fingerprint density at radius 2 is 2.18 bits per heavy atom. The summed E-state index contributed by atoms with van der Waals surface area (Å²) in [6.07, 6.45) is 2.87. The van der Waals surface area contributed by atoms with Crippen molar-refractivity contribution in [3.05, 3.63) is 17.7 Å². The topological polar surface area (TPSA) is 47.2 Å². The molecule has 0 amide bonds. The fourth-order valence-electron chi connectivity index (χ4n) is 2.70. The van der Waals surface area contributed by atoms with Crippen LogP contribution in [0, 0.1) is 0 Å². The maximum Gasteiger partial charge on any atom is 0.0925 e. The molecule has 3 rings (SSSR count). The third-order valence-electron chi connectivity index (χ3n) is 3.89. The summed E-state index contributed by atoms with van der Waals surface area (Å²) in [5.41, 5.74) is 2.52. The van der Waals surface area contributed by atoms with Crippen molar-refractivity contribution < 1.29 is 0 Å². The molecule has 5 nitrogen and oxygen atoms in total. The van der Waals surface area contributed by atoms with Crippen LogP contribution in [0.25, 0.3) is 0 Å². The van der Waals surface area contributed by atoms with Crippen LogP contribution in [0.15, 0.2) is 6.33 Å². The third-order valence-corrected chi connectivity index (χ3v) is 3.89. The van der Waals surface area contributed by atoms with Gasteiger partial charge < -0.3 is 15.2 Å². The normalized spacial score (nSPS) is 27.0. The lowest BCUT2D eigenvalue weighted by molar-refractivity contribution is 0.140. The Hall–Kier alpha value is -0.910. The highest BCUT2D eigenvalue weighted by molar-refractivity contribution is 5.16. The number of likely N-dealkylation sites (N-methyl/N-ethyl adjacent to an activating group) is 1. The molecule has 2 aliphatic rings. The molecule has 94 valence electrons. The molecule has 5 heteroatoms. The second kappa shape index (κ2) is 4.76. The molecule has 1 aromatic heterocycles. The standard InChI is InChI=1S/C12H21N5/c1-16-2-4-17(5-3-16)8-10-6-11-12(7-13-10)15-9-14-11/h9-10,13H,2-8H2,1H3,(H,14,15). The van der Waals surface area contributed by atoms with E-state index in [1.54, 1.807) is 0 Å². The molecule has 1 atom stereocenters. The van der Waals surface area contributed by atoms with Crippen molar-refractivity contribution >= 4 is 0 Å². The van der Waals surface area contributed by atoms with Crippen LogP contribution in [0.5, 0.6) is 0 Å². The van der Waals surface area contributed by atoms with Crippen LogP contribution in [0.4, 0.5) is 0 Å². The van der Waals surface area contributed by atoms with E-state index in [1.165, 1.54) is 37.6 Å². The summed E-state index contributed by atoms with van der Waals surface area (Å²) < 4.78 is 0. The van der Waals surface area contributed by atoms with Gasteiger partial charge in [0.1, 0.15) is 0 Å². The van der Waals surface area contributed by atoms with Crippen LogP contribution >= 0.6 is 0 Å². The number of piperazine rings is 1. The van der Waals surface area contributed by atoms with Gasteiger partial charge in [0.25, 0.3) is 0 Å². The van der Waals surface area contributed by atoms with Gasteiger partial charge in [-0.25, -0.2) is 4.98 Å². The second-order valence-electron chi connectivity index (χ2n) is 5.21. The third kappa shape index (κ3) is 2.51. The van der Waals surface area contributed by atoms with Crippen LogP contribution in [-0.4, -0.2) is 65.6 Å². The van der Waals surface area contributed by atoms with E-state index in [0.717, 1.165) is 19.5 Å². The van der Waals surface area contributed by atoms with Crippen LogP contribution in [0.2, 0.25) is 0 Å². The van der Waals surface area contributed by atoms with Crippen LogP contribution in [0.3, 0.4) is 0 Å². The molecule has 17 heavy (non-hydrogen) atoms. The van der Waals surface area contributed by atoms with E-state index in [4.69, 9.17) is 0 Å². The number of fused-ring (bicyclic) bond motifs is 1. The van der Waals surface area contributed by atoms with E-state index >= 15 is 0 Å². The molecule has 0 aliphatic carbocycles. The highest BCUT2D eigenvalue weighted by Gasteiger charge is 2.23. The Morgan fingerprint density at radius 3 is 3.00 bits per heavy atom. The number of aromatic amines is 1. The van der Waals surface area contributed by atoms with Gasteiger partial charge in [-0.2, -0.15) is 0 Å². The molecule has 1 aromatic rings. The van der Waals surface area contributed by atoms with Gasteiger partial charge >= 0.3 is 0 Å². The fourth-order valence-corrected chi connectivity index (χ4v) is 2.70. The van der Waals surface area contributed by atoms with Gasteiger partial charge in [0, 0.05) is 51.7 Å². The van der Waals surface area contributed by atoms with Crippen molar-refractivity contribution in [1.82, 2.24) is 25.1 Å². The molecule has 0 bridgehead atoms. The Balaban J connectivity index is 1.54. The Kier molecular flexibility index (Phi) is 3.13. The van der Waals surface area contributed by atoms with Crippen molar-refractivity contribution in [1.29, 1.82) is 0 Å². The zero-order valence-corrected chi connectivity index (χ0v) is 10.4. The van der Waals surface area contributed by atoms with E-state index < -0.39 is 0 Å². The number of H-pyrrole nitrogens is 1. The SMILES string of the molecule is CN1CCN(CC2Cc3nc[nH]c3CN2)CC1. The largest absolute Gasteiger partial charge is 0.347 e. The van der Waals surface area contributed by atoms with Crippen molar-refractivity contribution in [2.45, 2.75) is 19.0 Å². The van der Waals surface area contributed by atoms with Gasteiger partial charge in [-0.1, -0.05) is 0 Å². The van der Waals surface area contributed by atoms with Gasteiger partial charge in [-0.05, 0) is 7.05 Å². The first-order valence-electron chi connectivity index (χ1n) is 6.46. The molecular formula is C12H21N5. The number of aromatic nitrogens is 2. The molecule has 2 aliphatic heterocycles. The average molecular weight is 235 g/mol. The lowest BCUT2D eigenvalue weighted by Gasteiger charge is -2.35. The summed E-state index contributed by atoms with van der Waals surface area (Å²) in [5, 5.41) is 3.59. The molecule has 1 fully saturated rings. The number of nitrogens with one attached hydrogen (secondary N) is 2. The molecule has 1 saturated heterocycles. The van der Waals surface area contributed by atoms with Gasteiger partial charge in [0.15, 0.2) is 0 Å².